The molecule has 0 aliphatic rings. The minimum Gasteiger partial charge on any atom is -0.307 e. The summed E-state index contributed by atoms with van der Waals surface area (Å²) in [6.07, 6.45) is 2.59. The van der Waals surface area contributed by atoms with Crippen LogP contribution in [0.15, 0.2) is 12.4 Å². The standard InChI is InChI=1S/C5H8N6O/c6-10-4-2-8-3(1-9-4)5(12)11-7/h1-2H,6-7H2,(H,9,10)(H,11,12). The van der Waals surface area contributed by atoms with Crippen LogP contribution in [-0.4, -0.2) is 15.9 Å². The van der Waals surface area contributed by atoms with Crippen LogP contribution < -0.4 is 22.5 Å². The summed E-state index contributed by atoms with van der Waals surface area (Å²) in [6, 6.07) is 0. The quantitative estimate of drug-likeness (QED) is 0.239. The molecule has 0 aromatic carbocycles. The number of amides is 1. The fourth-order valence-corrected chi connectivity index (χ4v) is 0.594. The summed E-state index contributed by atoms with van der Waals surface area (Å²) in [5.74, 6) is 9.78. The number of aromatic nitrogens is 2. The van der Waals surface area contributed by atoms with Gasteiger partial charge in [-0.25, -0.2) is 21.7 Å². The molecule has 7 heteroatoms. The predicted octanol–water partition coefficient (Wildman–Crippen LogP) is -1.63. The van der Waals surface area contributed by atoms with Gasteiger partial charge in [-0.2, -0.15) is 0 Å². The Balaban J connectivity index is 2.84. The van der Waals surface area contributed by atoms with Gasteiger partial charge in [0, 0.05) is 0 Å². The molecular weight excluding hydrogens is 160 g/mol. The summed E-state index contributed by atoms with van der Waals surface area (Å²) in [6.45, 7) is 0. The maximum Gasteiger partial charge on any atom is 0.285 e. The minimum atomic E-state index is -0.494. The zero-order valence-electron chi connectivity index (χ0n) is 6.11. The molecule has 1 aromatic rings. The van der Waals surface area contributed by atoms with E-state index in [1.807, 2.05) is 5.43 Å². The van der Waals surface area contributed by atoms with E-state index in [2.05, 4.69) is 15.4 Å². The van der Waals surface area contributed by atoms with E-state index in [-0.39, 0.29) is 5.69 Å². The Labute approximate surface area is 68.1 Å². The van der Waals surface area contributed by atoms with Gasteiger partial charge in [0.15, 0.2) is 5.82 Å². The highest BCUT2D eigenvalue weighted by Gasteiger charge is 2.04. The first-order valence-electron chi connectivity index (χ1n) is 3.07. The molecule has 1 amide bonds. The van der Waals surface area contributed by atoms with Gasteiger partial charge in [0.25, 0.3) is 5.91 Å². The monoisotopic (exact) mass is 168 g/mol. The SMILES string of the molecule is NNC(=O)c1cnc(NN)cn1. The van der Waals surface area contributed by atoms with Crippen LogP contribution in [0.5, 0.6) is 0 Å². The topological polar surface area (TPSA) is 119 Å². The first-order valence-corrected chi connectivity index (χ1v) is 3.07. The van der Waals surface area contributed by atoms with Gasteiger partial charge < -0.3 is 5.43 Å². The van der Waals surface area contributed by atoms with Gasteiger partial charge in [0.05, 0.1) is 12.4 Å². The third kappa shape index (κ3) is 1.65. The van der Waals surface area contributed by atoms with E-state index in [1.165, 1.54) is 12.4 Å². The highest BCUT2D eigenvalue weighted by molar-refractivity contribution is 5.91. The lowest BCUT2D eigenvalue weighted by Gasteiger charge is -1.99. The van der Waals surface area contributed by atoms with Crippen LogP contribution in [0.1, 0.15) is 10.5 Å². The Hall–Kier alpha value is -1.73. The molecule has 0 saturated heterocycles. The summed E-state index contributed by atoms with van der Waals surface area (Å²) < 4.78 is 0. The molecule has 12 heavy (non-hydrogen) atoms. The molecule has 0 fully saturated rings. The molecule has 0 radical (unpaired) electrons. The summed E-state index contributed by atoms with van der Waals surface area (Å²) in [5.41, 5.74) is 4.34. The van der Waals surface area contributed by atoms with Crippen LogP contribution in [0.3, 0.4) is 0 Å². The highest BCUT2D eigenvalue weighted by atomic mass is 16.2. The largest absolute Gasteiger partial charge is 0.307 e. The average molecular weight is 168 g/mol. The normalized spacial score (nSPS) is 9.17. The van der Waals surface area contributed by atoms with Gasteiger partial charge >= 0.3 is 0 Å². The lowest BCUT2D eigenvalue weighted by Crippen LogP contribution is -2.30. The molecule has 64 valence electrons. The first-order chi connectivity index (χ1) is 5.77. The van der Waals surface area contributed by atoms with Crippen LogP contribution in [0.25, 0.3) is 0 Å². The van der Waals surface area contributed by atoms with Crippen molar-refractivity contribution in [3.63, 3.8) is 0 Å². The van der Waals surface area contributed by atoms with Crippen molar-refractivity contribution in [3.8, 4) is 0 Å². The van der Waals surface area contributed by atoms with Gasteiger partial charge in [-0.1, -0.05) is 0 Å². The molecule has 0 aliphatic heterocycles. The fraction of sp³-hybridized carbons (Fsp3) is 0. The molecule has 0 atom stereocenters. The number of rotatable bonds is 2. The summed E-state index contributed by atoms with van der Waals surface area (Å²) >= 11 is 0. The number of nitrogens with two attached hydrogens (primary N) is 2. The van der Waals surface area contributed by atoms with Crippen molar-refractivity contribution in [1.29, 1.82) is 0 Å². The molecule has 7 nitrogen and oxygen atoms in total. The lowest BCUT2D eigenvalue weighted by atomic mass is 10.4. The Morgan fingerprint density at radius 3 is 2.50 bits per heavy atom. The third-order valence-electron chi connectivity index (χ3n) is 1.16. The van der Waals surface area contributed by atoms with Crippen molar-refractivity contribution >= 4 is 11.7 Å². The third-order valence-corrected chi connectivity index (χ3v) is 1.16. The molecule has 1 heterocycles. The van der Waals surface area contributed by atoms with E-state index in [0.29, 0.717) is 5.82 Å². The maximum atomic E-state index is 10.8. The Kier molecular flexibility index (Phi) is 2.51. The van der Waals surface area contributed by atoms with Crippen molar-refractivity contribution in [2.24, 2.45) is 11.7 Å². The number of nitrogen functional groups attached to an aromatic ring is 2. The van der Waals surface area contributed by atoms with E-state index >= 15 is 0 Å². The lowest BCUT2D eigenvalue weighted by molar-refractivity contribution is 0.0948. The summed E-state index contributed by atoms with van der Waals surface area (Å²) in [7, 11) is 0. The van der Waals surface area contributed by atoms with E-state index in [1.54, 1.807) is 0 Å². The number of nitrogens with one attached hydrogen (secondary N) is 2. The molecule has 0 bridgehead atoms. The molecule has 1 rings (SSSR count). The predicted molar refractivity (Wildman–Crippen MR) is 41.5 cm³/mol. The molecule has 0 spiro atoms. The van der Waals surface area contributed by atoms with Gasteiger partial charge in [0.1, 0.15) is 5.69 Å². The smallest absolute Gasteiger partial charge is 0.285 e. The fourth-order valence-electron chi connectivity index (χ4n) is 0.594. The van der Waals surface area contributed by atoms with E-state index in [9.17, 15) is 4.79 Å². The van der Waals surface area contributed by atoms with E-state index in [0.717, 1.165) is 0 Å². The van der Waals surface area contributed by atoms with Crippen molar-refractivity contribution in [2.45, 2.75) is 0 Å². The second kappa shape index (κ2) is 3.60. The second-order valence-corrected chi connectivity index (χ2v) is 1.90. The maximum absolute atomic E-state index is 10.8. The number of hydrogen-bond donors (Lipinski definition) is 4. The number of carbonyl (C=O) groups is 1. The average Bonchev–Trinajstić information content (AvgIpc) is 2.17. The van der Waals surface area contributed by atoms with Gasteiger partial charge in [0.2, 0.25) is 0 Å². The number of nitrogens with zero attached hydrogens (tertiary/aromatic N) is 2. The van der Waals surface area contributed by atoms with Crippen LogP contribution >= 0.6 is 0 Å². The van der Waals surface area contributed by atoms with Crippen molar-refractivity contribution in [1.82, 2.24) is 15.4 Å². The zero-order chi connectivity index (χ0) is 8.97. The first kappa shape index (κ1) is 8.37. The number of hydrogen-bond acceptors (Lipinski definition) is 6. The van der Waals surface area contributed by atoms with Gasteiger partial charge in [-0.05, 0) is 0 Å². The van der Waals surface area contributed by atoms with E-state index in [4.69, 9.17) is 11.7 Å². The number of anilines is 1. The molecule has 1 aromatic heterocycles. The van der Waals surface area contributed by atoms with Crippen molar-refractivity contribution in [2.75, 3.05) is 5.43 Å². The second-order valence-electron chi connectivity index (χ2n) is 1.90. The van der Waals surface area contributed by atoms with Crippen LogP contribution in [0.4, 0.5) is 5.82 Å². The highest BCUT2D eigenvalue weighted by Crippen LogP contribution is 1.97. The summed E-state index contributed by atoms with van der Waals surface area (Å²) in [4.78, 5) is 18.3. The van der Waals surface area contributed by atoms with Gasteiger partial charge in [-0.3, -0.25) is 10.2 Å². The molecule has 0 unspecified atom stereocenters. The van der Waals surface area contributed by atoms with Gasteiger partial charge in [-0.15, -0.1) is 0 Å². The van der Waals surface area contributed by atoms with Crippen LogP contribution in [0, 0.1) is 0 Å². The Morgan fingerprint density at radius 1 is 1.33 bits per heavy atom. The Morgan fingerprint density at radius 2 is 2.08 bits per heavy atom. The zero-order valence-corrected chi connectivity index (χ0v) is 6.11. The van der Waals surface area contributed by atoms with Crippen molar-refractivity contribution < 1.29 is 4.79 Å². The number of carbonyl (C=O) groups excluding carboxylic acids is 1. The molecule has 6 N–H and O–H groups in total. The van der Waals surface area contributed by atoms with E-state index < -0.39 is 5.91 Å². The number of hydrazine groups is 2. The van der Waals surface area contributed by atoms with Crippen molar-refractivity contribution in [3.05, 3.63) is 18.1 Å². The van der Waals surface area contributed by atoms with Crippen LogP contribution in [0.2, 0.25) is 0 Å². The molecule has 0 saturated carbocycles. The van der Waals surface area contributed by atoms with Crippen LogP contribution in [-0.2, 0) is 0 Å². The molecule has 0 aliphatic carbocycles. The minimum absolute atomic E-state index is 0.136. The Bertz CT molecular complexity index is 270. The molecular formula is C5H8N6O. The summed E-state index contributed by atoms with van der Waals surface area (Å²) in [5, 5.41) is 0.